The molecule has 2 aliphatic rings. The van der Waals surface area contributed by atoms with Crippen molar-refractivity contribution in [3.8, 4) is 0 Å². The van der Waals surface area contributed by atoms with Gasteiger partial charge in [-0.25, -0.2) is 19.0 Å². The van der Waals surface area contributed by atoms with Gasteiger partial charge in [0, 0.05) is 28.2 Å². The number of benzene rings is 1. The Morgan fingerprint density at radius 3 is 3.00 bits per heavy atom. The predicted octanol–water partition coefficient (Wildman–Crippen LogP) is 2.18. The van der Waals surface area contributed by atoms with E-state index in [1.807, 2.05) is 6.92 Å². The summed E-state index contributed by atoms with van der Waals surface area (Å²) in [6.45, 7) is -0.399. The van der Waals surface area contributed by atoms with Gasteiger partial charge in [0.15, 0.2) is 22.1 Å². The number of hydrogen-bond acceptors (Lipinski definition) is 10. The van der Waals surface area contributed by atoms with E-state index in [1.54, 1.807) is 0 Å². The maximum absolute atomic E-state index is 14.8. The van der Waals surface area contributed by atoms with Gasteiger partial charge in [-0.1, -0.05) is 36.0 Å². The molecule has 2 saturated carbocycles. The lowest BCUT2D eigenvalue weighted by Crippen LogP contribution is -2.33. The Morgan fingerprint density at radius 1 is 1.39 bits per heavy atom. The number of nitrogens with one attached hydrogen (secondary N) is 1. The topological polar surface area (TPSA) is 138 Å². The summed E-state index contributed by atoms with van der Waals surface area (Å²) >= 11 is 1.19. The minimum absolute atomic E-state index is 0.0225. The van der Waals surface area contributed by atoms with E-state index in [0.29, 0.717) is 12.2 Å². The monoisotopic (exact) mass is 527 g/mol. The Morgan fingerprint density at radius 2 is 2.22 bits per heavy atom. The molecule has 2 aromatic heterocycles. The van der Waals surface area contributed by atoms with Crippen molar-refractivity contribution in [2.45, 2.75) is 74.5 Å². The van der Waals surface area contributed by atoms with Crippen molar-refractivity contribution in [2.75, 3.05) is 24.2 Å². The van der Waals surface area contributed by atoms with Crippen LogP contribution in [0.2, 0.25) is 0 Å². The van der Waals surface area contributed by atoms with Crippen molar-refractivity contribution in [2.24, 2.45) is 0 Å². The fourth-order valence-electron chi connectivity index (χ4n) is 3.91. The summed E-state index contributed by atoms with van der Waals surface area (Å²) in [5.41, 5.74) is -1.23. The number of hydrogen-bond donors (Lipinski definition) is 4. The highest BCUT2D eigenvalue weighted by Gasteiger charge is 2.45. The second-order valence-electron chi connectivity index (χ2n) is 8.34. The second kappa shape index (κ2) is 10.5. The fraction of sp³-hybridized carbons (Fsp3) is 0.583. The molecule has 0 spiro atoms. The molecule has 10 nitrogen and oxygen atoms in total. The number of halogens is 1. The molecule has 2 aliphatic carbocycles. The van der Waals surface area contributed by atoms with Crippen LogP contribution in [0.15, 0.2) is 23.3 Å². The van der Waals surface area contributed by atoms with Crippen LogP contribution < -0.4 is 5.32 Å². The summed E-state index contributed by atoms with van der Waals surface area (Å²) in [6.07, 6.45) is -6.63. The summed E-state index contributed by atoms with van der Waals surface area (Å²) < 4.78 is 96.3. The molecule has 36 heavy (non-hydrogen) atoms. The summed E-state index contributed by atoms with van der Waals surface area (Å²) in [6, 6.07) is -6.05. The lowest BCUT2D eigenvalue weighted by molar-refractivity contribution is -0.0629. The van der Waals surface area contributed by atoms with Crippen LogP contribution in [-0.2, 0) is 4.74 Å². The van der Waals surface area contributed by atoms with Crippen LogP contribution in [0.25, 0.3) is 11.2 Å². The van der Waals surface area contributed by atoms with Crippen molar-refractivity contribution >= 4 is 28.7 Å². The molecule has 3 aromatic rings. The van der Waals surface area contributed by atoms with Crippen LogP contribution >= 0.6 is 11.8 Å². The van der Waals surface area contributed by atoms with Crippen LogP contribution in [0.1, 0.15) is 61.5 Å². The Balaban J connectivity index is 1.59. The first-order valence-corrected chi connectivity index (χ1v) is 12.3. The van der Waals surface area contributed by atoms with Gasteiger partial charge < -0.3 is 25.4 Å². The van der Waals surface area contributed by atoms with Gasteiger partial charge in [-0.15, -0.1) is 5.10 Å². The number of ether oxygens (including phenoxy) is 1. The van der Waals surface area contributed by atoms with Crippen molar-refractivity contribution < 1.29 is 36.8 Å². The van der Waals surface area contributed by atoms with Crippen molar-refractivity contribution in [1.29, 1.82) is 0 Å². The lowest BCUT2D eigenvalue weighted by atomic mass is 10.1. The minimum atomic E-state index is -2.83. The lowest BCUT2D eigenvalue weighted by Gasteiger charge is -2.17. The average Bonchev–Trinajstić information content (AvgIpc) is 3.36. The molecule has 0 bridgehead atoms. The molecule has 0 amide bonds. The summed E-state index contributed by atoms with van der Waals surface area (Å²) in [4.78, 5) is 8.83. The SMILES string of the molecule is [2H]c1c([2H])c([C@]2([2H])C([2H])([2H])[C@@]2([2H])Nc2nc(SCCC)nc3c2nnn3[C@@H]2C[C@H](OC([2H])([2H])CO)[C@@H](O)[C@H]2O)c([2H])c(F)c1C. The zero-order valence-corrected chi connectivity index (χ0v) is 20.2. The smallest absolute Gasteiger partial charge is 0.191 e. The molecule has 4 N–H and O–H groups in total. The number of aliphatic hydroxyl groups is 3. The number of anilines is 1. The second-order valence-corrected chi connectivity index (χ2v) is 9.40. The molecule has 0 unspecified atom stereocenters. The largest absolute Gasteiger partial charge is 0.394 e. The van der Waals surface area contributed by atoms with Gasteiger partial charge in [0.25, 0.3) is 0 Å². The van der Waals surface area contributed by atoms with E-state index < -0.39 is 85.3 Å². The molecule has 12 heteroatoms. The Labute approximate surface area is 224 Å². The average molecular weight is 528 g/mol. The first kappa shape index (κ1) is 16.5. The van der Waals surface area contributed by atoms with E-state index in [-0.39, 0.29) is 34.1 Å². The van der Waals surface area contributed by atoms with Crippen molar-refractivity contribution in [3.05, 3.63) is 35.1 Å². The van der Waals surface area contributed by atoms with E-state index in [2.05, 4.69) is 25.6 Å². The van der Waals surface area contributed by atoms with E-state index in [1.165, 1.54) is 18.7 Å². The maximum Gasteiger partial charge on any atom is 0.191 e. The number of fused-ring (bicyclic) bond motifs is 1. The van der Waals surface area contributed by atoms with Crippen molar-refractivity contribution in [1.82, 2.24) is 25.0 Å². The molecule has 194 valence electrons. The minimum Gasteiger partial charge on any atom is -0.394 e. The first-order chi connectivity index (χ1) is 20.9. The molecule has 6 atom stereocenters. The van der Waals surface area contributed by atoms with E-state index >= 15 is 0 Å². The van der Waals surface area contributed by atoms with Crippen LogP contribution in [0, 0.1) is 12.7 Å². The molecule has 1 aromatic carbocycles. The van der Waals surface area contributed by atoms with Crippen LogP contribution in [0.5, 0.6) is 0 Å². The standard InChI is InChI=1S/C24H31FN6O4S/c1-3-8-36-24-27-22(26-16-10-14(16)13-5-4-12(2)15(25)9-13)19-23(28-24)31(30-29-19)17-11-18(35-7-6-32)21(34)20(17)33/h4-5,9,14,16-18,20-21,32-34H,3,6-8,10-11H2,1-2H3,(H,26,27,28)/t14-,16+,17+,18-,20-,21+/m0/s1/i4D,5D,7D2,9D,10D2,14D,16D. The Bertz CT molecular complexity index is 1630. The van der Waals surface area contributed by atoms with Crippen molar-refractivity contribution in [3.63, 3.8) is 0 Å². The maximum atomic E-state index is 14.8. The number of rotatable bonds is 10. The molecular formula is C24H31FN6O4S. The van der Waals surface area contributed by atoms with E-state index in [0.717, 1.165) is 4.68 Å². The van der Waals surface area contributed by atoms with Gasteiger partial charge in [-0.3, -0.25) is 0 Å². The number of nitrogens with zero attached hydrogens (tertiary/aromatic N) is 5. The first-order valence-electron chi connectivity index (χ1n) is 15.8. The summed E-state index contributed by atoms with van der Waals surface area (Å²) in [5, 5.41) is 41.4. The molecular weight excluding hydrogens is 487 g/mol. The Kier molecular flexibility index (Phi) is 4.82. The molecule has 2 heterocycles. The normalized spacial score (nSPS) is 37.1. The summed E-state index contributed by atoms with van der Waals surface area (Å²) in [7, 11) is 0. The zero-order chi connectivity index (χ0) is 33.4. The predicted molar refractivity (Wildman–Crippen MR) is 133 cm³/mol. The van der Waals surface area contributed by atoms with Gasteiger partial charge >= 0.3 is 0 Å². The Hall–Kier alpha value is -2.38. The van der Waals surface area contributed by atoms with Gasteiger partial charge in [0.2, 0.25) is 0 Å². The molecule has 0 radical (unpaired) electrons. The van der Waals surface area contributed by atoms with Gasteiger partial charge in [-0.05, 0) is 36.9 Å². The van der Waals surface area contributed by atoms with Gasteiger partial charge in [0.05, 0.1) is 33.5 Å². The van der Waals surface area contributed by atoms with Crippen LogP contribution in [0.3, 0.4) is 0 Å². The highest BCUT2D eigenvalue weighted by molar-refractivity contribution is 7.99. The van der Waals surface area contributed by atoms with Gasteiger partial charge in [-0.2, -0.15) is 0 Å². The van der Waals surface area contributed by atoms with Gasteiger partial charge in [0.1, 0.15) is 18.0 Å². The molecule has 2 fully saturated rings. The van der Waals surface area contributed by atoms with E-state index in [9.17, 15) is 19.7 Å². The number of thioether (sulfide) groups is 1. The molecule has 5 rings (SSSR count). The van der Waals surface area contributed by atoms with E-state index in [4.69, 9.17) is 17.1 Å². The fourth-order valence-corrected chi connectivity index (χ4v) is 4.61. The molecule has 0 aliphatic heterocycles. The summed E-state index contributed by atoms with van der Waals surface area (Å²) in [5.74, 6) is -3.64. The third-order valence-corrected chi connectivity index (χ3v) is 6.87. The number of aliphatic hydroxyl groups excluding tert-OH is 3. The highest BCUT2D eigenvalue weighted by atomic mass is 32.2. The third-order valence-electron chi connectivity index (χ3n) is 5.82. The zero-order valence-electron chi connectivity index (χ0n) is 28.4. The quantitative estimate of drug-likeness (QED) is 0.229. The van der Waals surface area contributed by atoms with Crippen LogP contribution in [-0.4, -0.2) is 83.5 Å². The van der Waals surface area contributed by atoms with Crippen LogP contribution in [0.4, 0.5) is 10.2 Å². The highest BCUT2D eigenvalue weighted by Crippen LogP contribution is 2.44. The molecule has 0 saturated heterocycles. The number of aromatic nitrogens is 5. The third kappa shape index (κ3) is 4.92.